The number of hydrogen-bond acceptors (Lipinski definition) is 4. The summed E-state index contributed by atoms with van der Waals surface area (Å²) in [5.41, 5.74) is 3.36. The van der Waals surface area contributed by atoms with Crippen LogP contribution in [0, 0.1) is 13.8 Å². The van der Waals surface area contributed by atoms with Gasteiger partial charge in [0.1, 0.15) is 6.04 Å². The normalized spacial score (nSPS) is 13.1. The van der Waals surface area contributed by atoms with E-state index in [9.17, 15) is 18.0 Å². The highest BCUT2D eigenvalue weighted by molar-refractivity contribution is 7.92. The first-order valence-electron chi connectivity index (χ1n) is 12.2. The average molecular weight is 536 g/mol. The number of nitrogens with zero attached hydrogens (tertiary/aromatic N) is 2. The zero-order valence-corrected chi connectivity index (χ0v) is 23.6. The molecule has 0 aromatic heterocycles. The second kappa shape index (κ2) is 13.1. The molecule has 0 radical (unpaired) electrons. The van der Waals surface area contributed by atoms with E-state index in [-0.39, 0.29) is 37.4 Å². The second-order valence-corrected chi connectivity index (χ2v) is 11.8. The molecule has 1 N–H and O–H groups in total. The highest BCUT2D eigenvalue weighted by Gasteiger charge is 2.27. The fourth-order valence-corrected chi connectivity index (χ4v) is 5.01. The molecule has 2 rings (SSSR count). The van der Waals surface area contributed by atoms with E-state index in [0.29, 0.717) is 17.1 Å². The topological polar surface area (TPSA) is 86.8 Å². The van der Waals surface area contributed by atoms with Crippen LogP contribution in [0.25, 0.3) is 0 Å². The predicted molar refractivity (Wildman–Crippen MR) is 147 cm³/mol. The standard InChI is InChI=1S/C27H38ClN3O4S/c1-7-21(4)29-27(33)22(5)30(18-23-10-12-24(28)13-11-23)26(32)9-8-14-31(36(6,34)35)25-16-19(2)15-20(3)17-25/h10-13,15-17,21-22H,7-9,14,18H2,1-6H3,(H,29,33)/t21-,22+/m1/s1. The molecule has 0 spiro atoms. The Labute approximate surface area is 220 Å². The van der Waals surface area contributed by atoms with E-state index in [1.54, 1.807) is 24.0 Å². The number of sulfonamides is 1. The lowest BCUT2D eigenvalue weighted by Gasteiger charge is -2.30. The summed E-state index contributed by atoms with van der Waals surface area (Å²) in [5, 5.41) is 3.53. The molecule has 0 saturated carbocycles. The van der Waals surface area contributed by atoms with Gasteiger partial charge in [0.15, 0.2) is 0 Å². The molecule has 0 aliphatic carbocycles. The monoisotopic (exact) mass is 535 g/mol. The van der Waals surface area contributed by atoms with Gasteiger partial charge in [-0.25, -0.2) is 8.42 Å². The lowest BCUT2D eigenvalue weighted by molar-refractivity contribution is -0.140. The lowest BCUT2D eigenvalue weighted by Crippen LogP contribution is -2.49. The maximum Gasteiger partial charge on any atom is 0.242 e. The van der Waals surface area contributed by atoms with Crippen LogP contribution in [0.1, 0.15) is 56.7 Å². The fourth-order valence-electron chi connectivity index (χ4n) is 3.93. The molecular weight excluding hydrogens is 498 g/mol. The highest BCUT2D eigenvalue weighted by Crippen LogP contribution is 2.22. The summed E-state index contributed by atoms with van der Waals surface area (Å²) < 4.78 is 26.4. The Hall–Kier alpha value is -2.58. The SMILES string of the molecule is CC[C@@H](C)NC(=O)[C@H](C)N(Cc1ccc(Cl)cc1)C(=O)CCCN(c1cc(C)cc(C)c1)S(C)(=O)=O. The number of hydrogen-bond donors (Lipinski definition) is 1. The number of amides is 2. The fraction of sp³-hybridized carbons (Fsp3) is 0.481. The Morgan fingerprint density at radius 1 is 1.03 bits per heavy atom. The number of nitrogens with one attached hydrogen (secondary N) is 1. The molecule has 2 amide bonds. The molecule has 2 aromatic carbocycles. The van der Waals surface area contributed by atoms with Crippen molar-refractivity contribution in [1.29, 1.82) is 0 Å². The van der Waals surface area contributed by atoms with Crippen molar-refractivity contribution in [2.75, 3.05) is 17.1 Å². The predicted octanol–water partition coefficient (Wildman–Crippen LogP) is 4.84. The maximum absolute atomic E-state index is 13.3. The summed E-state index contributed by atoms with van der Waals surface area (Å²) in [6.45, 7) is 9.86. The third-order valence-electron chi connectivity index (χ3n) is 6.08. The lowest BCUT2D eigenvalue weighted by atomic mass is 10.1. The van der Waals surface area contributed by atoms with Crippen LogP contribution in [0.4, 0.5) is 5.69 Å². The molecule has 0 aliphatic rings. The van der Waals surface area contributed by atoms with Crippen molar-refractivity contribution >= 4 is 39.1 Å². The number of aryl methyl sites for hydroxylation is 2. The van der Waals surface area contributed by atoms with Crippen LogP contribution >= 0.6 is 11.6 Å². The molecule has 0 fully saturated rings. The van der Waals surface area contributed by atoms with Crippen molar-refractivity contribution in [2.24, 2.45) is 0 Å². The number of halogens is 1. The molecule has 36 heavy (non-hydrogen) atoms. The van der Waals surface area contributed by atoms with Gasteiger partial charge in [-0.1, -0.05) is 36.7 Å². The Kier molecular flexibility index (Phi) is 10.8. The molecule has 9 heteroatoms. The summed E-state index contributed by atoms with van der Waals surface area (Å²) in [5.74, 6) is -0.440. The summed E-state index contributed by atoms with van der Waals surface area (Å²) in [6, 6.07) is 12.1. The molecular formula is C27H38ClN3O4S. The molecule has 0 bridgehead atoms. The van der Waals surface area contributed by atoms with E-state index < -0.39 is 16.1 Å². The van der Waals surface area contributed by atoms with Gasteiger partial charge in [0.2, 0.25) is 21.8 Å². The van der Waals surface area contributed by atoms with Crippen LogP contribution in [0.3, 0.4) is 0 Å². The Morgan fingerprint density at radius 3 is 2.14 bits per heavy atom. The Balaban J connectivity index is 2.19. The van der Waals surface area contributed by atoms with E-state index in [1.165, 1.54) is 10.6 Å². The van der Waals surface area contributed by atoms with E-state index in [0.717, 1.165) is 23.1 Å². The molecule has 198 valence electrons. The molecule has 2 aromatic rings. The van der Waals surface area contributed by atoms with Crippen LogP contribution in [-0.4, -0.2) is 50.0 Å². The average Bonchev–Trinajstić information content (AvgIpc) is 2.79. The number of anilines is 1. The molecule has 0 heterocycles. The molecule has 2 atom stereocenters. The zero-order valence-electron chi connectivity index (χ0n) is 22.0. The molecule has 0 aliphatic heterocycles. The second-order valence-electron chi connectivity index (χ2n) is 9.43. The first kappa shape index (κ1) is 29.6. The van der Waals surface area contributed by atoms with Crippen LogP contribution < -0.4 is 9.62 Å². The number of carbonyl (C=O) groups is 2. The minimum absolute atomic E-state index is 0.00598. The minimum atomic E-state index is -3.54. The number of benzene rings is 2. The van der Waals surface area contributed by atoms with Gasteiger partial charge in [0.05, 0.1) is 11.9 Å². The summed E-state index contributed by atoms with van der Waals surface area (Å²) in [4.78, 5) is 27.7. The van der Waals surface area contributed by atoms with Gasteiger partial charge in [0, 0.05) is 30.6 Å². The highest BCUT2D eigenvalue weighted by atomic mass is 35.5. The first-order valence-corrected chi connectivity index (χ1v) is 14.4. The summed E-state index contributed by atoms with van der Waals surface area (Å²) in [7, 11) is -3.54. The van der Waals surface area contributed by atoms with Crippen LogP contribution in [-0.2, 0) is 26.2 Å². The van der Waals surface area contributed by atoms with Crippen LogP contribution in [0.2, 0.25) is 5.02 Å². The summed E-state index contributed by atoms with van der Waals surface area (Å²) >= 11 is 6.00. The van der Waals surface area contributed by atoms with E-state index >= 15 is 0 Å². The number of rotatable bonds is 12. The van der Waals surface area contributed by atoms with Gasteiger partial charge in [-0.2, -0.15) is 0 Å². The third-order valence-corrected chi connectivity index (χ3v) is 7.53. The van der Waals surface area contributed by atoms with Gasteiger partial charge in [-0.05, 0) is 81.5 Å². The van der Waals surface area contributed by atoms with Crippen molar-refractivity contribution in [3.63, 3.8) is 0 Å². The van der Waals surface area contributed by atoms with Crippen molar-refractivity contribution in [2.45, 2.75) is 72.5 Å². The largest absolute Gasteiger partial charge is 0.352 e. The van der Waals surface area contributed by atoms with Gasteiger partial charge in [-0.15, -0.1) is 0 Å². The minimum Gasteiger partial charge on any atom is -0.352 e. The smallest absolute Gasteiger partial charge is 0.242 e. The van der Waals surface area contributed by atoms with Gasteiger partial charge in [-0.3, -0.25) is 13.9 Å². The van der Waals surface area contributed by atoms with Crippen LogP contribution in [0.5, 0.6) is 0 Å². The van der Waals surface area contributed by atoms with E-state index in [4.69, 9.17) is 11.6 Å². The number of carbonyl (C=O) groups excluding carboxylic acids is 2. The van der Waals surface area contributed by atoms with Crippen molar-refractivity contribution in [1.82, 2.24) is 10.2 Å². The van der Waals surface area contributed by atoms with Crippen molar-refractivity contribution in [3.05, 3.63) is 64.2 Å². The Bertz CT molecular complexity index is 1130. The van der Waals surface area contributed by atoms with Crippen molar-refractivity contribution in [3.8, 4) is 0 Å². The van der Waals surface area contributed by atoms with E-state index in [1.807, 2.05) is 58.0 Å². The molecule has 7 nitrogen and oxygen atoms in total. The third kappa shape index (κ3) is 8.82. The first-order chi connectivity index (χ1) is 16.8. The van der Waals surface area contributed by atoms with Gasteiger partial charge < -0.3 is 10.2 Å². The molecule has 0 unspecified atom stereocenters. The Morgan fingerprint density at radius 2 is 1.61 bits per heavy atom. The maximum atomic E-state index is 13.3. The van der Waals surface area contributed by atoms with Crippen LogP contribution in [0.15, 0.2) is 42.5 Å². The van der Waals surface area contributed by atoms with Crippen molar-refractivity contribution < 1.29 is 18.0 Å². The van der Waals surface area contributed by atoms with Gasteiger partial charge in [0.25, 0.3) is 0 Å². The zero-order chi connectivity index (χ0) is 27.0. The molecule has 0 saturated heterocycles. The van der Waals surface area contributed by atoms with Gasteiger partial charge >= 0.3 is 0 Å². The quantitative estimate of drug-likeness (QED) is 0.421. The summed E-state index contributed by atoms with van der Waals surface area (Å²) in [6.07, 6.45) is 2.37. The van der Waals surface area contributed by atoms with E-state index in [2.05, 4.69) is 5.32 Å².